The van der Waals surface area contributed by atoms with Crippen molar-refractivity contribution in [3.8, 4) is 0 Å². The molecule has 178 valence electrons. The zero-order chi connectivity index (χ0) is 24.1. The Morgan fingerprint density at radius 3 is 2.50 bits per heavy atom. The number of rotatable bonds is 7. The van der Waals surface area contributed by atoms with E-state index in [4.69, 9.17) is 11.6 Å². The third-order valence-corrected chi connectivity index (χ3v) is 8.72. The molecule has 0 unspecified atom stereocenters. The van der Waals surface area contributed by atoms with Crippen molar-refractivity contribution in [3.63, 3.8) is 0 Å². The number of carbonyl (C=O) groups excluding carboxylic acids is 1. The van der Waals surface area contributed by atoms with E-state index < -0.39 is 15.9 Å². The van der Waals surface area contributed by atoms with Gasteiger partial charge in [-0.15, -0.1) is 0 Å². The third kappa shape index (κ3) is 5.78. The number of hydrogen-bond acceptors (Lipinski definition) is 6. The number of sulfonamides is 1. The number of aromatic nitrogens is 2. The minimum absolute atomic E-state index is 0.0639. The Balaban J connectivity index is 1.44. The molecule has 34 heavy (non-hydrogen) atoms. The smallest absolute Gasteiger partial charge is 0.275 e. The first kappa shape index (κ1) is 24.7. The molecule has 0 aliphatic carbocycles. The van der Waals surface area contributed by atoms with E-state index in [2.05, 4.69) is 15.3 Å². The number of piperidine rings is 1. The molecule has 1 N–H and O–H groups in total. The fraction of sp³-hybridized carbons (Fsp3) is 0.292. The Kier molecular flexibility index (Phi) is 7.88. The van der Waals surface area contributed by atoms with Crippen LogP contribution in [0.4, 0.5) is 5.69 Å². The van der Waals surface area contributed by atoms with Crippen molar-refractivity contribution in [2.45, 2.75) is 42.0 Å². The summed E-state index contributed by atoms with van der Waals surface area (Å²) in [6.07, 6.45) is 4.21. The molecule has 0 bridgehead atoms. The molecular formula is C24H25ClN4O3S2. The Morgan fingerprint density at radius 2 is 1.79 bits per heavy atom. The number of thioether (sulfide) groups is 1. The normalized spacial score (nSPS) is 14.6. The molecule has 1 amide bonds. The molecule has 7 nitrogen and oxygen atoms in total. The van der Waals surface area contributed by atoms with E-state index in [0.717, 1.165) is 24.8 Å². The highest BCUT2D eigenvalue weighted by molar-refractivity contribution is 7.98. The van der Waals surface area contributed by atoms with Crippen molar-refractivity contribution in [1.82, 2.24) is 14.3 Å². The lowest BCUT2D eigenvalue weighted by atomic mass is 10.1. The SMILES string of the molecule is Cc1ccccc1CSc1ncc(Cl)c(C(=O)Nc2ccc(S(=O)(=O)N3CCCCC3)cc2)n1. The highest BCUT2D eigenvalue weighted by atomic mass is 35.5. The molecule has 2 heterocycles. The number of halogens is 1. The van der Waals surface area contributed by atoms with E-state index in [-0.39, 0.29) is 15.6 Å². The van der Waals surface area contributed by atoms with Gasteiger partial charge in [0.15, 0.2) is 10.9 Å². The number of amides is 1. The van der Waals surface area contributed by atoms with E-state index in [9.17, 15) is 13.2 Å². The minimum Gasteiger partial charge on any atom is -0.321 e. The highest BCUT2D eigenvalue weighted by Crippen LogP contribution is 2.25. The van der Waals surface area contributed by atoms with Gasteiger partial charge >= 0.3 is 0 Å². The number of aryl methyl sites for hydroxylation is 1. The van der Waals surface area contributed by atoms with Crippen molar-refractivity contribution < 1.29 is 13.2 Å². The molecule has 1 aromatic heterocycles. The summed E-state index contributed by atoms with van der Waals surface area (Å²) < 4.78 is 27.1. The molecule has 2 aromatic carbocycles. The summed E-state index contributed by atoms with van der Waals surface area (Å²) in [7, 11) is -3.53. The highest BCUT2D eigenvalue weighted by Gasteiger charge is 2.25. The second-order valence-electron chi connectivity index (χ2n) is 8.01. The van der Waals surface area contributed by atoms with Gasteiger partial charge in [0.1, 0.15) is 0 Å². The number of nitrogens with one attached hydrogen (secondary N) is 1. The summed E-state index contributed by atoms with van der Waals surface area (Å²) in [6, 6.07) is 14.2. The zero-order valence-electron chi connectivity index (χ0n) is 18.7. The second kappa shape index (κ2) is 10.9. The van der Waals surface area contributed by atoms with Crippen LogP contribution in [0.25, 0.3) is 0 Å². The van der Waals surface area contributed by atoms with Crippen LogP contribution in [0, 0.1) is 6.92 Å². The van der Waals surface area contributed by atoms with Crippen LogP contribution >= 0.6 is 23.4 Å². The van der Waals surface area contributed by atoms with Crippen molar-refractivity contribution in [3.05, 3.63) is 76.6 Å². The fourth-order valence-corrected chi connectivity index (χ4v) is 6.23. The summed E-state index contributed by atoms with van der Waals surface area (Å²) in [4.78, 5) is 21.6. The predicted molar refractivity (Wildman–Crippen MR) is 135 cm³/mol. The summed E-state index contributed by atoms with van der Waals surface area (Å²) >= 11 is 7.61. The van der Waals surface area contributed by atoms with Gasteiger partial charge < -0.3 is 5.32 Å². The van der Waals surface area contributed by atoms with Gasteiger partial charge in [-0.05, 0) is 55.2 Å². The topological polar surface area (TPSA) is 92.3 Å². The Morgan fingerprint density at radius 1 is 1.09 bits per heavy atom. The van der Waals surface area contributed by atoms with Gasteiger partial charge in [-0.2, -0.15) is 4.31 Å². The first-order valence-electron chi connectivity index (χ1n) is 11.0. The van der Waals surface area contributed by atoms with E-state index in [1.807, 2.05) is 31.2 Å². The van der Waals surface area contributed by atoms with E-state index in [1.165, 1.54) is 40.0 Å². The Hall–Kier alpha value is -2.46. The standard InChI is InChI=1S/C24H25ClN4O3S2/c1-17-7-3-4-8-18(17)16-33-24-26-15-21(25)22(28-24)23(30)27-19-9-11-20(12-10-19)34(31,32)29-13-5-2-6-14-29/h3-4,7-12,15H,2,5-6,13-14,16H2,1H3,(H,27,30). The van der Waals surface area contributed by atoms with Gasteiger partial charge in [-0.3, -0.25) is 4.79 Å². The average molecular weight is 517 g/mol. The molecule has 3 aromatic rings. The van der Waals surface area contributed by atoms with Gasteiger partial charge in [0, 0.05) is 24.5 Å². The van der Waals surface area contributed by atoms with Crippen LogP contribution in [-0.4, -0.2) is 41.7 Å². The van der Waals surface area contributed by atoms with Gasteiger partial charge in [-0.1, -0.05) is 54.0 Å². The molecule has 0 radical (unpaired) electrons. The van der Waals surface area contributed by atoms with E-state index in [0.29, 0.717) is 29.7 Å². The van der Waals surface area contributed by atoms with E-state index >= 15 is 0 Å². The first-order valence-corrected chi connectivity index (χ1v) is 13.8. The lowest BCUT2D eigenvalue weighted by Crippen LogP contribution is -2.35. The van der Waals surface area contributed by atoms with Crippen molar-refractivity contribution in [2.75, 3.05) is 18.4 Å². The number of anilines is 1. The molecule has 1 aliphatic heterocycles. The number of benzene rings is 2. The maximum atomic E-state index is 12.8. The van der Waals surface area contributed by atoms with Crippen molar-refractivity contribution in [2.24, 2.45) is 0 Å². The molecule has 1 aliphatic rings. The summed E-state index contributed by atoms with van der Waals surface area (Å²) in [5.41, 5.74) is 2.85. The molecule has 0 spiro atoms. The van der Waals surface area contributed by atoms with Crippen LogP contribution in [0.3, 0.4) is 0 Å². The third-order valence-electron chi connectivity index (χ3n) is 5.62. The van der Waals surface area contributed by atoms with Crippen molar-refractivity contribution >= 4 is 45.0 Å². The molecule has 4 rings (SSSR count). The first-order chi connectivity index (χ1) is 16.3. The quantitative estimate of drug-likeness (QED) is 0.344. The lowest BCUT2D eigenvalue weighted by molar-refractivity contribution is 0.102. The Bertz CT molecular complexity index is 1280. The molecule has 1 fully saturated rings. The molecular weight excluding hydrogens is 492 g/mol. The van der Waals surface area contributed by atoms with Crippen molar-refractivity contribution in [1.29, 1.82) is 0 Å². The summed E-state index contributed by atoms with van der Waals surface area (Å²) in [5.74, 6) is 0.180. The second-order valence-corrected chi connectivity index (χ2v) is 11.3. The Labute approximate surface area is 209 Å². The van der Waals surface area contributed by atoms with Gasteiger partial charge in [0.25, 0.3) is 5.91 Å². The maximum Gasteiger partial charge on any atom is 0.275 e. The molecule has 0 saturated carbocycles. The maximum absolute atomic E-state index is 12.8. The van der Waals surface area contributed by atoms with Crippen LogP contribution in [0.5, 0.6) is 0 Å². The number of nitrogens with zero attached hydrogens (tertiary/aromatic N) is 3. The fourth-order valence-electron chi connectivity index (χ4n) is 3.65. The molecule has 10 heteroatoms. The predicted octanol–water partition coefficient (Wildman–Crippen LogP) is 5.16. The average Bonchev–Trinajstić information content (AvgIpc) is 2.85. The van der Waals surface area contributed by atoms with Gasteiger partial charge in [0.05, 0.1) is 16.1 Å². The van der Waals surface area contributed by atoms with Crippen LogP contribution in [-0.2, 0) is 15.8 Å². The molecule has 0 atom stereocenters. The van der Waals surface area contributed by atoms with Crippen LogP contribution in [0.15, 0.2) is 64.8 Å². The number of carbonyl (C=O) groups is 1. The summed E-state index contributed by atoms with van der Waals surface area (Å²) in [5, 5.41) is 3.32. The van der Waals surface area contributed by atoms with Crippen LogP contribution < -0.4 is 5.32 Å². The van der Waals surface area contributed by atoms with Gasteiger partial charge in [-0.25, -0.2) is 18.4 Å². The zero-order valence-corrected chi connectivity index (χ0v) is 21.1. The largest absolute Gasteiger partial charge is 0.321 e. The lowest BCUT2D eigenvalue weighted by Gasteiger charge is -2.25. The van der Waals surface area contributed by atoms with Crippen LogP contribution in [0.1, 0.15) is 40.9 Å². The molecule has 1 saturated heterocycles. The van der Waals surface area contributed by atoms with Crippen LogP contribution in [0.2, 0.25) is 5.02 Å². The summed E-state index contributed by atoms with van der Waals surface area (Å²) in [6.45, 7) is 3.12. The van der Waals surface area contributed by atoms with E-state index in [1.54, 1.807) is 12.1 Å². The number of hydrogen-bond donors (Lipinski definition) is 1. The monoisotopic (exact) mass is 516 g/mol. The minimum atomic E-state index is -3.53. The van der Waals surface area contributed by atoms with Gasteiger partial charge in [0.2, 0.25) is 10.0 Å².